The van der Waals surface area contributed by atoms with E-state index >= 15 is 0 Å². The second kappa shape index (κ2) is 8.71. The standard InChI is InChI=1S/C13H17BrN2O5/c1-20-8-6-15(7-9-21-2)13(17)10-4-3-5-11(12(10)14)16(18)19/h3-5H,6-9H2,1-2H3. The van der Waals surface area contributed by atoms with Gasteiger partial charge in [0.05, 0.1) is 23.7 Å². The van der Waals surface area contributed by atoms with Crippen molar-refractivity contribution in [3.63, 3.8) is 0 Å². The molecule has 0 atom stereocenters. The Hall–Kier alpha value is -1.51. The largest absolute Gasteiger partial charge is 0.383 e. The number of rotatable bonds is 8. The Morgan fingerprint density at radius 2 is 1.86 bits per heavy atom. The van der Waals surface area contributed by atoms with Crippen molar-refractivity contribution in [1.29, 1.82) is 0 Å². The number of halogens is 1. The van der Waals surface area contributed by atoms with E-state index in [2.05, 4.69) is 15.9 Å². The van der Waals surface area contributed by atoms with Crippen LogP contribution >= 0.6 is 15.9 Å². The lowest BCUT2D eigenvalue weighted by Gasteiger charge is -2.22. The van der Waals surface area contributed by atoms with Crippen LogP contribution in [0.25, 0.3) is 0 Å². The molecule has 0 aliphatic carbocycles. The first-order valence-electron chi connectivity index (χ1n) is 6.23. The molecule has 0 N–H and O–H groups in total. The van der Waals surface area contributed by atoms with Crippen molar-refractivity contribution in [1.82, 2.24) is 4.90 Å². The molecule has 1 aromatic carbocycles. The van der Waals surface area contributed by atoms with Crippen LogP contribution in [0.4, 0.5) is 5.69 Å². The van der Waals surface area contributed by atoms with E-state index in [1.165, 1.54) is 17.0 Å². The highest BCUT2D eigenvalue weighted by atomic mass is 79.9. The molecule has 0 aromatic heterocycles. The minimum atomic E-state index is -0.532. The molecule has 0 saturated heterocycles. The Morgan fingerprint density at radius 3 is 2.33 bits per heavy atom. The number of nitro groups is 1. The molecule has 8 heteroatoms. The second-order valence-electron chi connectivity index (χ2n) is 4.17. The number of amides is 1. The fourth-order valence-corrected chi connectivity index (χ4v) is 2.29. The van der Waals surface area contributed by atoms with Gasteiger partial charge in [0.2, 0.25) is 0 Å². The van der Waals surface area contributed by atoms with Crippen molar-refractivity contribution < 1.29 is 19.2 Å². The maximum Gasteiger partial charge on any atom is 0.284 e. The lowest BCUT2D eigenvalue weighted by Crippen LogP contribution is -2.36. The summed E-state index contributed by atoms with van der Waals surface area (Å²) in [6, 6.07) is 4.38. The second-order valence-corrected chi connectivity index (χ2v) is 4.97. The van der Waals surface area contributed by atoms with E-state index in [0.29, 0.717) is 26.3 Å². The summed E-state index contributed by atoms with van der Waals surface area (Å²) in [7, 11) is 3.09. The van der Waals surface area contributed by atoms with Crippen LogP contribution in [0.3, 0.4) is 0 Å². The summed E-state index contributed by atoms with van der Waals surface area (Å²) in [5.74, 6) is -0.306. The number of nitro benzene ring substituents is 1. The first-order chi connectivity index (χ1) is 10.0. The van der Waals surface area contributed by atoms with Gasteiger partial charge in [-0.25, -0.2) is 0 Å². The Morgan fingerprint density at radius 1 is 1.29 bits per heavy atom. The fourth-order valence-electron chi connectivity index (χ4n) is 1.71. The van der Waals surface area contributed by atoms with Gasteiger partial charge in [-0.15, -0.1) is 0 Å². The van der Waals surface area contributed by atoms with E-state index in [0.717, 1.165) is 0 Å². The molecule has 0 spiro atoms. The van der Waals surface area contributed by atoms with Crippen molar-refractivity contribution in [3.05, 3.63) is 38.3 Å². The van der Waals surface area contributed by atoms with Gasteiger partial charge in [0.1, 0.15) is 4.47 Å². The zero-order chi connectivity index (χ0) is 15.8. The van der Waals surface area contributed by atoms with Gasteiger partial charge >= 0.3 is 0 Å². The molecule has 0 aliphatic heterocycles. The number of carbonyl (C=O) groups excluding carboxylic acids is 1. The van der Waals surface area contributed by atoms with Crippen molar-refractivity contribution in [3.8, 4) is 0 Å². The molecule has 0 heterocycles. The number of methoxy groups -OCH3 is 2. The summed E-state index contributed by atoms with van der Waals surface area (Å²) in [6.07, 6.45) is 0. The quantitative estimate of drug-likeness (QED) is 0.523. The number of ether oxygens (including phenoxy) is 2. The molecule has 21 heavy (non-hydrogen) atoms. The third-order valence-electron chi connectivity index (χ3n) is 2.82. The molecule has 116 valence electrons. The van der Waals surface area contributed by atoms with Crippen LogP contribution in [0.15, 0.2) is 22.7 Å². The number of carbonyl (C=O) groups is 1. The lowest BCUT2D eigenvalue weighted by molar-refractivity contribution is -0.385. The first kappa shape index (κ1) is 17.5. The van der Waals surface area contributed by atoms with Gasteiger partial charge in [0, 0.05) is 33.4 Å². The van der Waals surface area contributed by atoms with E-state index in [4.69, 9.17) is 9.47 Å². The lowest BCUT2D eigenvalue weighted by atomic mass is 10.1. The van der Waals surface area contributed by atoms with E-state index in [1.807, 2.05) is 0 Å². The predicted molar refractivity (Wildman–Crippen MR) is 80.5 cm³/mol. The van der Waals surface area contributed by atoms with Crippen LogP contribution < -0.4 is 0 Å². The third kappa shape index (κ3) is 4.76. The predicted octanol–water partition coefficient (Wildman–Crippen LogP) is 2.09. The normalized spacial score (nSPS) is 10.4. The van der Waals surface area contributed by atoms with Gasteiger partial charge in [-0.2, -0.15) is 0 Å². The smallest absolute Gasteiger partial charge is 0.284 e. The molecule has 0 aliphatic rings. The van der Waals surface area contributed by atoms with Gasteiger partial charge < -0.3 is 14.4 Å². The van der Waals surface area contributed by atoms with E-state index in [9.17, 15) is 14.9 Å². The van der Waals surface area contributed by atoms with Gasteiger partial charge in [-0.1, -0.05) is 6.07 Å². The van der Waals surface area contributed by atoms with Crippen LogP contribution in [0, 0.1) is 10.1 Å². The third-order valence-corrected chi connectivity index (χ3v) is 3.66. The molecule has 0 saturated carbocycles. The Labute approximate surface area is 131 Å². The maximum atomic E-state index is 12.5. The van der Waals surface area contributed by atoms with Crippen LogP contribution in [-0.4, -0.2) is 56.3 Å². The van der Waals surface area contributed by atoms with Crippen LogP contribution in [-0.2, 0) is 9.47 Å². The molecule has 0 unspecified atom stereocenters. The molecule has 1 amide bonds. The zero-order valence-corrected chi connectivity index (χ0v) is 13.5. The first-order valence-corrected chi connectivity index (χ1v) is 7.02. The summed E-state index contributed by atoms with van der Waals surface area (Å²) in [5, 5.41) is 10.9. The van der Waals surface area contributed by atoms with Crippen molar-refractivity contribution in [2.75, 3.05) is 40.5 Å². The van der Waals surface area contributed by atoms with E-state index < -0.39 is 4.92 Å². The Balaban J connectivity index is 3.02. The topological polar surface area (TPSA) is 81.9 Å². The van der Waals surface area contributed by atoms with Crippen LogP contribution in [0.1, 0.15) is 10.4 Å². The van der Waals surface area contributed by atoms with E-state index in [-0.39, 0.29) is 21.6 Å². The van der Waals surface area contributed by atoms with Gasteiger partial charge in [-0.05, 0) is 22.0 Å². The number of hydrogen-bond acceptors (Lipinski definition) is 5. The monoisotopic (exact) mass is 360 g/mol. The molecule has 1 rings (SSSR count). The van der Waals surface area contributed by atoms with Gasteiger partial charge in [0.25, 0.3) is 11.6 Å². The highest BCUT2D eigenvalue weighted by molar-refractivity contribution is 9.10. The Bertz CT molecular complexity index is 501. The molecule has 1 aromatic rings. The number of hydrogen-bond donors (Lipinski definition) is 0. The van der Waals surface area contributed by atoms with E-state index in [1.54, 1.807) is 20.3 Å². The van der Waals surface area contributed by atoms with Crippen LogP contribution in [0.5, 0.6) is 0 Å². The summed E-state index contributed by atoms with van der Waals surface area (Å²) < 4.78 is 10.1. The minimum absolute atomic E-state index is 0.140. The van der Waals surface area contributed by atoms with Crippen molar-refractivity contribution in [2.45, 2.75) is 0 Å². The molecular weight excluding hydrogens is 344 g/mol. The average molecular weight is 361 g/mol. The summed E-state index contributed by atoms with van der Waals surface area (Å²) in [5.41, 5.74) is 0.107. The maximum absolute atomic E-state index is 12.5. The highest BCUT2D eigenvalue weighted by Crippen LogP contribution is 2.29. The molecular formula is C13H17BrN2O5. The fraction of sp³-hybridized carbons (Fsp3) is 0.462. The molecule has 0 fully saturated rings. The highest BCUT2D eigenvalue weighted by Gasteiger charge is 2.23. The number of benzene rings is 1. The van der Waals surface area contributed by atoms with Gasteiger partial charge in [0.15, 0.2) is 0 Å². The number of nitrogens with zero attached hydrogens (tertiary/aromatic N) is 2. The summed E-state index contributed by atoms with van der Waals surface area (Å²) in [4.78, 5) is 24.4. The van der Waals surface area contributed by atoms with Crippen molar-refractivity contribution in [2.24, 2.45) is 0 Å². The van der Waals surface area contributed by atoms with Crippen LogP contribution in [0.2, 0.25) is 0 Å². The molecule has 0 radical (unpaired) electrons. The Kier molecular flexibility index (Phi) is 7.27. The summed E-state index contributed by atoms with van der Waals surface area (Å²) in [6.45, 7) is 1.52. The molecule has 7 nitrogen and oxygen atoms in total. The average Bonchev–Trinajstić information content (AvgIpc) is 2.46. The summed E-state index contributed by atoms with van der Waals surface area (Å²) >= 11 is 3.14. The minimum Gasteiger partial charge on any atom is -0.383 e. The van der Waals surface area contributed by atoms with Gasteiger partial charge in [-0.3, -0.25) is 14.9 Å². The van der Waals surface area contributed by atoms with Crippen molar-refractivity contribution >= 4 is 27.5 Å². The molecule has 0 bridgehead atoms. The zero-order valence-electron chi connectivity index (χ0n) is 11.9. The SMILES string of the molecule is COCCN(CCOC)C(=O)c1cccc([N+](=O)[O-])c1Br.